The number of carbonyl (C=O) groups excluding carboxylic acids is 1. The van der Waals surface area contributed by atoms with Crippen LogP contribution >= 0.6 is 0 Å². The fourth-order valence-corrected chi connectivity index (χ4v) is 3.46. The van der Waals surface area contributed by atoms with E-state index in [-0.39, 0.29) is 12.4 Å². The Morgan fingerprint density at radius 1 is 1.00 bits per heavy atom. The highest BCUT2D eigenvalue weighted by molar-refractivity contribution is 5.70. The molecule has 0 unspecified atom stereocenters. The zero-order chi connectivity index (χ0) is 22.5. The first-order chi connectivity index (χ1) is 14.1. The van der Waals surface area contributed by atoms with Crippen molar-refractivity contribution in [3.8, 4) is 0 Å². The Kier molecular flexibility index (Phi) is 12.3. The number of esters is 1. The average Bonchev–Trinajstić information content (AvgIpc) is 3.14. The molecule has 1 aromatic rings. The van der Waals surface area contributed by atoms with Crippen molar-refractivity contribution < 1.29 is 14.3 Å². The summed E-state index contributed by atoms with van der Waals surface area (Å²) >= 11 is 0. The van der Waals surface area contributed by atoms with Crippen LogP contribution in [0.5, 0.6) is 0 Å². The van der Waals surface area contributed by atoms with Gasteiger partial charge in [-0.05, 0) is 31.2 Å². The van der Waals surface area contributed by atoms with E-state index in [1.165, 1.54) is 64.9 Å². The number of hydrogen-bond acceptors (Lipinski definition) is 5. The Bertz CT molecular complexity index is 591. The van der Waals surface area contributed by atoms with Crippen molar-refractivity contribution in [2.24, 2.45) is 11.1 Å². The third-order valence-corrected chi connectivity index (χ3v) is 5.40. The summed E-state index contributed by atoms with van der Waals surface area (Å²) in [6, 6.07) is 1.83. The van der Waals surface area contributed by atoms with E-state index in [1.807, 2.05) is 12.3 Å². The number of hydrogen-bond donors (Lipinski definition) is 1. The van der Waals surface area contributed by atoms with Gasteiger partial charge in [-0.25, -0.2) is 4.68 Å². The van der Waals surface area contributed by atoms with E-state index in [4.69, 9.17) is 15.2 Å². The lowest BCUT2D eigenvalue weighted by molar-refractivity contribution is -0.142. The van der Waals surface area contributed by atoms with Crippen LogP contribution in [0.15, 0.2) is 12.3 Å². The SMILES string of the molecule is COC(=O)C[C@](C)(N)c1ccn(COCCCCCCCCCCCC(C)(C)C)n1. The van der Waals surface area contributed by atoms with Crippen LogP contribution < -0.4 is 5.73 Å². The van der Waals surface area contributed by atoms with Crippen LogP contribution in [0.25, 0.3) is 0 Å². The number of methoxy groups -OCH3 is 1. The lowest BCUT2D eigenvalue weighted by Gasteiger charge is -2.20. The molecule has 0 aliphatic rings. The first kappa shape index (κ1) is 26.6. The maximum atomic E-state index is 11.5. The molecule has 0 aliphatic heterocycles. The molecule has 0 saturated carbocycles. The van der Waals surface area contributed by atoms with E-state index in [9.17, 15) is 4.79 Å². The van der Waals surface area contributed by atoms with E-state index in [0.717, 1.165) is 13.0 Å². The van der Waals surface area contributed by atoms with E-state index in [0.29, 0.717) is 17.8 Å². The number of nitrogens with two attached hydrogens (primary N) is 1. The summed E-state index contributed by atoms with van der Waals surface area (Å²) < 4.78 is 12.1. The van der Waals surface area contributed by atoms with Crippen LogP contribution in [0, 0.1) is 5.41 Å². The Hall–Kier alpha value is -1.40. The smallest absolute Gasteiger partial charge is 0.307 e. The topological polar surface area (TPSA) is 79.4 Å². The monoisotopic (exact) mass is 423 g/mol. The average molecular weight is 424 g/mol. The minimum Gasteiger partial charge on any atom is -0.469 e. The van der Waals surface area contributed by atoms with Crippen LogP contribution in [0.2, 0.25) is 0 Å². The third kappa shape index (κ3) is 12.3. The second kappa shape index (κ2) is 13.8. The van der Waals surface area contributed by atoms with Gasteiger partial charge in [-0.3, -0.25) is 4.79 Å². The summed E-state index contributed by atoms with van der Waals surface area (Å²) in [5.74, 6) is -0.341. The molecule has 0 fully saturated rings. The van der Waals surface area contributed by atoms with Gasteiger partial charge in [0.15, 0.2) is 0 Å². The van der Waals surface area contributed by atoms with Gasteiger partial charge in [-0.15, -0.1) is 0 Å². The molecule has 0 radical (unpaired) electrons. The van der Waals surface area contributed by atoms with Gasteiger partial charge >= 0.3 is 5.97 Å². The molecule has 0 saturated heterocycles. The molecule has 174 valence electrons. The van der Waals surface area contributed by atoms with Crippen LogP contribution in [0.3, 0.4) is 0 Å². The molecule has 1 rings (SSSR count). The van der Waals surface area contributed by atoms with Crippen molar-refractivity contribution in [1.82, 2.24) is 9.78 Å². The van der Waals surface area contributed by atoms with Gasteiger partial charge in [-0.1, -0.05) is 72.1 Å². The molecular weight excluding hydrogens is 378 g/mol. The fraction of sp³-hybridized carbons (Fsp3) is 0.833. The van der Waals surface area contributed by atoms with E-state index in [1.54, 1.807) is 11.6 Å². The van der Waals surface area contributed by atoms with E-state index < -0.39 is 5.54 Å². The van der Waals surface area contributed by atoms with Crippen molar-refractivity contribution in [3.63, 3.8) is 0 Å². The maximum absolute atomic E-state index is 11.5. The minimum absolute atomic E-state index is 0.0955. The second-order valence-electron chi connectivity index (χ2n) is 9.94. The highest BCUT2D eigenvalue weighted by atomic mass is 16.5. The number of rotatable bonds is 16. The highest BCUT2D eigenvalue weighted by Gasteiger charge is 2.28. The van der Waals surface area contributed by atoms with Gasteiger partial charge < -0.3 is 15.2 Å². The minimum atomic E-state index is -0.842. The van der Waals surface area contributed by atoms with Crippen molar-refractivity contribution >= 4 is 5.97 Å². The van der Waals surface area contributed by atoms with Gasteiger partial charge in [0, 0.05) is 12.8 Å². The number of nitrogens with zero attached hydrogens (tertiary/aromatic N) is 2. The zero-order valence-corrected chi connectivity index (χ0v) is 20.0. The van der Waals surface area contributed by atoms with Crippen molar-refractivity contribution in [1.29, 1.82) is 0 Å². The second-order valence-corrected chi connectivity index (χ2v) is 9.94. The molecule has 1 aromatic heterocycles. The van der Waals surface area contributed by atoms with Crippen LogP contribution in [-0.2, 0) is 26.5 Å². The van der Waals surface area contributed by atoms with Crippen molar-refractivity contribution in [2.45, 2.75) is 111 Å². The molecule has 0 spiro atoms. The van der Waals surface area contributed by atoms with Gasteiger partial charge in [0.25, 0.3) is 0 Å². The van der Waals surface area contributed by atoms with E-state index in [2.05, 4.69) is 25.9 Å². The molecule has 0 aliphatic carbocycles. The third-order valence-electron chi connectivity index (χ3n) is 5.40. The highest BCUT2D eigenvalue weighted by Crippen LogP contribution is 2.23. The summed E-state index contributed by atoms with van der Waals surface area (Å²) in [5, 5.41) is 4.43. The summed E-state index contributed by atoms with van der Waals surface area (Å²) in [5.41, 5.74) is 6.50. The van der Waals surface area contributed by atoms with Crippen LogP contribution in [0.1, 0.15) is 104 Å². The number of ether oxygens (including phenoxy) is 2. The maximum Gasteiger partial charge on any atom is 0.307 e. The molecule has 6 heteroatoms. The molecule has 0 amide bonds. The predicted octanol–water partition coefficient (Wildman–Crippen LogP) is 5.54. The Morgan fingerprint density at radius 3 is 2.13 bits per heavy atom. The molecule has 6 nitrogen and oxygen atoms in total. The summed E-state index contributed by atoms with van der Waals surface area (Å²) in [6.07, 6.45) is 15.0. The predicted molar refractivity (Wildman–Crippen MR) is 122 cm³/mol. The molecule has 0 bridgehead atoms. The largest absolute Gasteiger partial charge is 0.469 e. The molecule has 2 N–H and O–H groups in total. The number of aromatic nitrogens is 2. The van der Waals surface area contributed by atoms with E-state index >= 15 is 0 Å². The van der Waals surface area contributed by atoms with Crippen LogP contribution in [0.4, 0.5) is 0 Å². The first-order valence-electron chi connectivity index (χ1n) is 11.6. The number of unbranched alkanes of at least 4 members (excludes halogenated alkanes) is 8. The normalized spacial score (nSPS) is 13.9. The Morgan fingerprint density at radius 2 is 1.57 bits per heavy atom. The first-order valence-corrected chi connectivity index (χ1v) is 11.6. The lowest BCUT2D eigenvalue weighted by Crippen LogP contribution is -2.36. The molecule has 0 aromatic carbocycles. The van der Waals surface area contributed by atoms with Crippen molar-refractivity contribution in [2.75, 3.05) is 13.7 Å². The lowest BCUT2D eigenvalue weighted by atomic mass is 9.89. The summed E-state index contributed by atoms with van der Waals surface area (Å²) in [6.45, 7) is 9.90. The quantitative estimate of drug-likeness (QED) is 0.279. The Labute approximate surface area is 183 Å². The van der Waals surface area contributed by atoms with Gasteiger partial charge in [0.1, 0.15) is 6.73 Å². The van der Waals surface area contributed by atoms with Gasteiger partial charge in [-0.2, -0.15) is 5.10 Å². The van der Waals surface area contributed by atoms with Crippen molar-refractivity contribution in [3.05, 3.63) is 18.0 Å². The van der Waals surface area contributed by atoms with Gasteiger partial charge in [0.2, 0.25) is 0 Å². The standard InChI is InChI=1S/C24H45N3O3/c1-23(2,3)16-13-11-9-7-6-8-10-12-14-18-30-20-27-17-15-21(26-27)24(4,25)19-22(28)29-5/h15,17H,6-14,16,18-20,25H2,1-5H3/t24-/m0/s1. The van der Waals surface area contributed by atoms with Crippen LogP contribution in [-0.4, -0.2) is 29.5 Å². The molecule has 30 heavy (non-hydrogen) atoms. The van der Waals surface area contributed by atoms with Gasteiger partial charge in [0.05, 0.1) is 24.8 Å². The number of carbonyl (C=O) groups is 1. The fourth-order valence-electron chi connectivity index (χ4n) is 3.46. The molecule has 1 heterocycles. The summed E-state index contributed by atoms with van der Waals surface area (Å²) in [7, 11) is 1.36. The molecule has 1 atom stereocenters. The molecular formula is C24H45N3O3. The Balaban J connectivity index is 2.01. The zero-order valence-electron chi connectivity index (χ0n) is 20.0. The summed E-state index contributed by atoms with van der Waals surface area (Å²) in [4.78, 5) is 11.5.